The molecule has 67 heavy (non-hydrogen) atoms. The molecule has 18 nitrogen and oxygen atoms in total. The number of sulfone groups is 2. The molecule has 0 spiro atoms. The van der Waals surface area contributed by atoms with Crippen molar-refractivity contribution in [1.29, 1.82) is 0 Å². The lowest BCUT2D eigenvalue weighted by molar-refractivity contribution is -0.157. The molecule has 0 saturated carbocycles. The van der Waals surface area contributed by atoms with Crippen LogP contribution in [0.4, 0.5) is 11.4 Å². The summed E-state index contributed by atoms with van der Waals surface area (Å²) in [5.41, 5.74) is 4.32. The van der Waals surface area contributed by atoms with E-state index < -0.39 is 90.3 Å². The van der Waals surface area contributed by atoms with Crippen molar-refractivity contribution in [3.63, 3.8) is 0 Å². The number of nitrogens with one attached hydrogen (secondary N) is 5. The van der Waals surface area contributed by atoms with Gasteiger partial charge in [0.1, 0.15) is 14.2 Å². The first-order valence-electron chi connectivity index (χ1n) is 22.3. The molecule has 0 fully saturated rings. The average molecular weight is 985 g/mol. The molecule has 2 aromatic heterocycles. The summed E-state index contributed by atoms with van der Waals surface area (Å²) < 4.78 is 57.7. The highest BCUT2D eigenvalue weighted by Crippen LogP contribution is 2.43. The maximum atomic E-state index is 13.4. The van der Waals surface area contributed by atoms with Gasteiger partial charge in [-0.3, -0.25) is 33.6 Å². The summed E-state index contributed by atoms with van der Waals surface area (Å²) in [6.07, 6.45) is -0.341. The van der Waals surface area contributed by atoms with E-state index in [4.69, 9.17) is 4.74 Å². The summed E-state index contributed by atoms with van der Waals surface area (Å²) in [6, 6.07) is 5.66. The fourth-order valence-electron chi connectivity index (χ4n) is 8.12. The van der Waals surface area contributed by atoms with Crippen LogP contribution in [0.15, 0.2) is 32.7 Å². The average Bonchev–Trinajstić information content (AvgIpc) is 3.96. The third kappa shape index (κ3) is 11.9. The van der Waals surface area contributed by atoms with Gasteiger partial charge in [-0.1, -0.05) is 20.8 Å². The molecular formula is C46H60N6O12S3. The van der Waals surface area contributed by atoms with Crippen molar-refractivity contribution in [1.82, 2.24) is 20.5 Å². The molecule has 3 amide bonds. The van der Waals surface area contributed by atoms with E-state index in [1.165, 1.54) is 26.8 Å². The van der Waals surface area contributed by atoms with Gasteiger partial charge >= 0.3 is 5.97 Å². The zero-order chi connectivity index (χ0) is 49.7. The van der Waals surface area contributed by atoms with Crippen LogP contribution in [-0.2, 0) is 53.2 Å². The predicted octanol–water partition coefficient (Wildman–Crippen LogP) is 4.58. The molecule has 0 aliphatic carbocycles. The SMILES string of the molecule is CCN[C@H]1C[C@H](C)S(=O)(=O)c2sc(S(=O)(=O)CC(=O)[C@@H](C)C(=O)[C@@H](C)C(=O)[C@H](C)OC(=O)CCC(=O)Nc3ccc4c(c3)/C(=C/c3[nH]c(C)c(C(=O)NCCN(CC)CC)c3C)C(=O)N4)cc21. The second-order valence-corrected chi connectivity index (χ2v) is 22.7. The van der Waals surface area contributed by atoms with Crippen LogP contribution in [0.3, 0.4) is 0 Å². The number of rotatable bonds is 22. The number of aromatic nitrogens is 1. The summed E-state index contributed by atoms with van der Waals surface area (Å²) in [6.45, 7) is 18.2. The second kappa shape index (κ2) is 21.7. The van der Waals surface area contributed by atoms with Crippen molar-refractivity contribution in [3.05, 3.63) is 57.9 Å². The fraction of sp³-hybridized carbons (Fsp3) is 0.500. The largest absolute Gasteiger partial charge is 0.455 e. The smallest absolute Gasteiger partial charge is 0.307 e. The maximum absolute atomic E-state index is 13.4. The van der Waals surface area contributed by atoms with E-state index >= 15 is 0 Å². The molecule has 5 atom stereocenters. The number of H-pyrrole nitrogens is 1. The van der Waals surface area contributed by atoms with Crippen molar-refractivity contribution in [2.24, 2.45) is 11.8 Å². The number of esters is 1. The molecule has 0 bridgehead atoms. The van der Waals surface area contributed by atoms with Crippen LogP contribution in [0.5, 0.6) is 0 Å². The molecule has 364 valence electrons. The molecule has 4 heterocycles. The first-order chi connectivity index (χ1) is 31.4. The van der Waals surface area contributed by atoms with E-state index in [-0.39, 0.29) is 33.1 Å². The van der Waals surface area contributed by atoms with Crippen molar-refractivity contribution in [3.8, 4) is 0 Å². The predicted molar refractivity (Wildman–Crippen MR) is 254 cm³/mol. The number of ketones is 3. The second-order valence-electron chi connectivity index (χ2n) is 16.9. The number of anilines is 2. The standard InChI is InChI=1S/C46H60N6O12S3/c1-10-47-36-19-24(4)67(62,63)46-33(36)22-40(65-46)66(60,61)23-37(53)26(6)42(56)27(7)43(57)29(9)64-39(55)16-15-38(54)50-30-13-14-34-31(20-30)32(44(58)51-34)21-35-25(5)41(28(8)49-35)45(59)48-17-18-52(11-2)12-3/h13-14,20-22,24,26-27,29,36,47,49H,10-12,15-19,23H2,1-9H3,(H,48,59)(H,50,54)(H,51,58)/b32-21-/t24-,26+,27+,29-,36-/m0/s1. The third-order valence-electron chi connectivity index (χ3n) is 12.2. The van der Waals surface area contributed by atoms with Crippen molar-refractivity contribution < 1.29 is 55.1 Å². The molecule has 2 aliphatic rings. The lowest BCUT2D eigenvalue weighted by atomic mass is 9.88. The van der Waals surface area contributed by atoms with Crippen molar-refractivity contribution in [2.75, 3.05) is 49.1 Å². The minimum Gasteiger partial charge on any atom is -0.455 e. The van der Waals surface area contributed by atoms with E-state index in [9.17, 15) is 50.4 Å². The summed E-state index contributed by atoms with van der Waals surface area (Å²) >= 11 is 0.573. The number of Topliss-reactive ketones (excluding diaryl/α,β-unsaturated/α-hetero) is 3. The van der Waals surface area contributed by atoms with Gasteiger partial charge in [0.05, 0.1) is 34.6 Å². The van der Waals surface area contributed by atoms with Gasteiger partial charge in [0, 0.05) is 53.9 Å². The van der Waals surface area contributed by atoms with E-state index in [0.29, 0.717) is 81.6 Å². The molecule has 0 saturated heterocycles. The van der Waals surface area contributed by atoms with Gasteiger partial charge in [-0.05, 0) is 109 Å². The molecular weight excluding hydrogens is 925 g/mol. The minimum absolute atomic E-state index is 0.0759. The molecule has 0 unspecified atom stereocenters. The van der Waals surface area contributed by atoms with Gasteiger partial charge in [-0.15, -0.1) is 11.3 Å². The number of benzene rings is 1. The molecule has 1 aromatic carbocycles. The Morgan fingerprint density at radius 2 is 1.67 bits per heavy atom. The Bertz CT molecular complexity index is 2720. The zero-order valence-electron chi connectivity index (χ0n) is 39.2. The summed E-state index contributed by atoms with van der Waals surface area (Å²) in [4.78, 5) is 97.0. The maximum Gasteiger partial charge on any atom is 0.307 e. The van der Waals surface area contributed by atoms with Crippen molar-refractivity contribution in [2.45, 2.75) is 107 Å². The molecule has 21 heteroatoms. The number of likely N-dealkylation sites (N-methyl/N-ethyl adjacent to an activating group) is 1. The number of hydrogen-bond donors (Lipinski definition) is 5. The van der Waals surface area contributed by atoms with Crippen LogP contribution in [0, 0.1) is 25.7 Å². The van der Waals surface area contributed by atoms with E-state index in [1.54, 1.807) is 45.0 Å². The Morgan fingerprint density at radius 1 is 0.985 bits per heavy atom. The highest BCUT2D eigenvalue weighted by Gasteiger charge is 2.41. The quantitative estimate of drug-likeness (QED) is 0.0525. The van der Waals surface area contributed by atoms with Crippen LogP contribution < -0.4 is 21.3 Å². The zero-order valence-corrected chi connectivity index (χ0v) is 41.7. The number of carbonyl (C=O) groups is 7. The Kier molecular flexibility index (Phi) is 17.1. The normalized spacial score (nSPS) is 18.4. The van der Waals surface area contributed by atoms with Gasteiger partial charge in [-0.25, -0.2) is 16.8 Å². The molecule has 0 radical (unpaired) electrons. The van der Waals surface area contributed by atoms with Crippen LogP contribution in [-0.4, -0.2) is 118 Å². The van der Waals surface area contributed by atoms with Crippen LogP contribution in [0.1, 0.15) is 112 Å². The minimum atomic E-state index is -4.37. The monoisotopic (exact) mass is 984 g/mol. The van der Waals surface area contributed by atoms with E-state index in [2.05, 4.69) is 45.0 Å². The number of thiophene rings is 1. The van der Waals surface area contributed by atoms with Gasteiger partial charge in [0.25, 0.3) is 11.8 Å². The fourth-order valence-corrected chi connectivity index (χ4v) is 13.5. The summed E-state index contributed by atoms with van der Waals surface area (Å²) in [5, 5.41) is 10.9. The van der Waals surface area contributed by atoms with Crippen LogP contribution >= 0.6 is 11.3 Å². The Labute approximate surface area is 395 Å². The number of aryl methyl sites for hydroxylation is 1. The number of ether oxygens (including phenoxy) is 1. The Hall–Kier alpha value is -5.35. The van der Waals surface area contributed by atoms with Gasteiger partial charge < -0.3 is 35.9 Å². The summed E-state index contributed by atoms with van der Waals surface area (Å²) in [7, 11) is -8.16. The lowest BCUT2D eigenvalue weighted by Crippen LogP contribution is -2.38. The van der Waals surface area contributed by atoms with E-state index in [0.717, 1.165) is 13.1 Å². The van der Waals surface area contributed by atoms with Crippen LogP contribution in [0.25, 0.3) is 11.6 Å². The number of carbonyl (C=O) groups excluding carboxylic acids is 7. The highest BCUT2D eigenvalue weighted by molar-refractivity contribution is 7.96. The number of amides is 3. The number of hydrogen-bond acceptors (Lipinski definition) is 15. The molecule has 2 aliphatic heterocycles. The first-order valence-corrected chi connectivity index (χ1v) is 26.3. The molecule has 5 rings (SSSR count). The Morgan fingerprint density at radius 3 is 2.33 bits per heavy atom. The Balaban J connectivity index is 1.14. The molecule has 3 aromatic rings. The lowest BCUT2D eigenvalue weighted by Gasteiger charge is -2.27. The van der Waals surface area contributed by atoms with Gasteiger partial charge in [0.15, 0.2) is 43.1 Å². The number of aromatic amines is 1. The summed E-state index contributed by atoms with van der Waals surface area (Å²) in [5.74, 6) is -8.92. The molecule has 5 N–H and O–H groups in total. The number of nitrogens with zero attached hydrogens (tertiary/aromatic N) is 1. The van der Waals surface area contributed by atoms with Gasteiger partial charge in [0.2, 0.25) is 5.91 Å². The third-order valence-corrected chi connectivity index (χ3v) is 18.3. The van der Waals surface area contributed by atoms with Crippen LogP contribution in [0.2, 0.25) is 0 Å². The highest BCUT2D eigenvalue weighted by atomic mass is 32.3. The van der Waals surface area contributed by atoms with Crippen molar-refractivity contribution >= 4 is 95.1 Å². The topological polar surface area (TPSA) is 264 Å². The van der Waals surface area contributed by atoms with Gasteiger partial charge in [-0.2, -0.15) is 0 Å². The first kappa shape index (κ1) is 52.6. The van der Waals surface area contributed by atoms with E-state index in [1.807, 2.05) is 6.92 Å². The number of fused-ring (bicyclic) bond motifs is 2.